The van der Waals surface area contributed by atoms with Gasteiger partial charge in [-0.1, -0.05) is 6.07 Å². The normalized spacial score (nSPS) is 29.3. The quantitative estimate of drug-likeness (QED) is 0.806. The topological polar surface area (TPSA) is 49.8 Å². The number of aliphatic hydroxyl groups is 1. The monoisotopic (exact) mass is 411 g/mol. The van der Waals surface area contributed by atoms with E-state index in [4.69, 9.17) is 4.74 Å². The van der Waals surface area contributed by atoms with Crippen molar-refractivity contribution in [3.05, 3.63) is 29.3 Å². The summed E-state index contributed by atoms with van der Waals surface area (Å²) in [5.74, 6) is 0.373. The first-order valence-corrected chi connectivity index (χ1v) is 10.3. The fraction of sp³-hybridized carbons (Fsp3) is 0.682. The first-order valence-electron chi connectivity index (χ1n) is 10.3. The van der Waals surface area contributed by atoms with Crippen LogP contribution in [0, 0.1) is 18.3 Å². The van der Waals surface area contributed by atoms with Crippen LogP contribution in [0.15, 0.2) is 18.2 Å². The Morgan fingerprint density at radius 2 is 1.83 bits per heavy atom. The molecule has 1 aromatic rings. The third-order valence-electron chi connectivity index (χ3n) is 6.90. The van der Waals surface area contributed by atoms with Gasteiger partial charge in [-0.3, -0.25) is 4.79 Å². The van der Waals surface area contributed by atoms with Gasteiger partial charge in [0.05, 0.1) is 17.3 Å². The molecule has 1 aromatic carbocycles. The summed E-state index contributed by atoms with van der Waals surface area (Å²) in [6.07, 6.45) is 0.0317. The van der Waals surface area contributed by atoms with E-state index in [9.17, 15) is 23.1 Å². The van der Waals surface area contributed by atoms with Crippen LogP contribution in [0.25, 0.3) is 0 Å². The average Bonchev–Trinajstić information content (AvgIpc) is 2.58. The van der Waals surface area contributed by atoms with Crippen molar-refractivity contribution in [3.63, 3.8) is 0 Å². The maximum Gasteiger partial charge on any atom is 0.416 e. The second-order valence-electron chi connectivity index (χ2n) is 9.59. The lowest BCUT2D eigenvalue weighted by Crippen LogP contribution is -2.63. The van der Waals surface area contributed by atoms with Crippen molar-refractivity contribution in [3.8, 4) is 5.75 Å². The molecular weight excluding hydrogens is 383 g/mol. The lowest BCUT2D eigenvalue weighted by molar-refractivity contribution is -0.164. The number of aryl methyl sites for hydroxylation is 1. The Hall–Kier alpha value is -1.76. The molecule has 7 heteroatoms. The van der Waals surface area contributed by atoms with Crippen molar-refractivity contribution in [2.45, 2.75) is 70.3 Å². The zero-order valence-corrected chi connectivity index (χ0v) is 16.9. The molecule has 1 amide bonds. The lowest BCUT2D eigenvalue weighted by Gasteiger charge is -2.55. The van der Waals surface area contributed by atoms with E-state index in [1.807, 2.05) is 4.90 Å². The standard InChI is InChI=1S/C22H28F3NO3/c1-14-3-4-17(9-18(14)22(23,24)25)29-16-5-7-21(8-6-16)12-26(13-21)19(27)15-10-20(2,28)11-15/h3-4,9,15-16,28H,5-8,10-13H2,1-2H3/t15-,20+. The molecule has 4 rings (SSSR count). The number of carbonyl (C=O) groups is 1. The molecule has 1 saturated heterocycles. The van der Waals surface area contributed by atoms with Crippen LogP contribution < -0.4 is 4.74 Å². The molecule has 3 aliphatic rings. The summed E-state index contributed by atoms with van der Waals surface area (Å²) in [7, 11) is 0. The number of likely N-dealkylation sites (tertiary alicyclic amines) is 1. The fourth-order valence-corrected chi connectivity index (χ4v) is 5.16. The number of nitrogens with zero attached hydrogens (tertiary/aromatic N) is 1. The van der Waals surface area contributed by atoms with E-state index in [-0.39, 0.29) is 34.7 Å². The average molecular weight is 411 g/mol. The van der Waals surface area contributed by atoms with Crippen molar-refractivity contribution < 1.29 is 27.8 Å². The van der Waals surface area contributed by atoms with Gasteiger partial charge in [0, 0.05) is 24.4 Å². The minimum Gasteiger partial charge on any atom is -0.490 e. The maximum absolute atomic E-state index is 13.1. The molecule has 3 fully saturated rings. The van der Waals surface area contributed by atoms with Crippen molar-refractivity contribution >= 4 is 5.91 Å². The number of ether oxygens (including phenoxy) is 1. The van der Waals surface area contributed by atoms with Gasteiger partial charge in [0.15, 0.2) is 0 Å². The van der Waals surface area contributed by atoms with Gasteiger partial charge in [-0.05, 0) is 70.1 Å². The zero-order valence-electron chi connectivity index (χ0n) is 16.9. The number of hydrogen-bond acceptors (Lipinski definition) is 3. The molecule has 0 unspecified atom stereocenters. The van der Waals surface area contributed by atoms with Crippen LogP contribution in [0.1, 0.15) is 56.6 Å². The molecular formula is C22H28F3NO3. The highest BCUT2D eigenvalue weighted by molar-refractivity contribution is 5.81. The minimum atomic E-state index is -4.38. The molecule has 2 saturated carbocycles. The fourth-order valence-electron chi connectivity index (χ4n) is 5.16. The molecule has 0 atom stereocenters. The third kappa shape index (κ3) is 4.11. The van der Waals surface area contributed by atoms with Crippen molar-refractivity contribution in [1.82, 2.24) is 4.90 Å². The number of rotatable bonds is 3. The van der Waals surface area contributed by atoms with Crippen molar-refractivity contribution in [1.29, 1.82) is 0 Å². The predicted octanol–water partition coefficient (Wildman–Crippen LogP) is 4.32. The molecule has 1 N–H and O–H groups in total. The van der Waals surface area contributed by atoms with E-state index in [1.54, 1.807) is 13.0 Å². The summed E-state index contributed by atoms with van der Waals surface area (Å²) >= 11 is 0. The molecule has 0 radical (unpaired) electrons. The summed E-state index contributed by atoms with van der Waals surface area (Å²) in [6, 6.07) is 4.15. The van der Waals surface area contributed by atoms with Gasteiger partial charge >= 0.3 is 6.18 Å². The van der Waals surface area contributed by atoms with Gasteiger partial charge in [-0.15, -0.1) is 0 Å². The van der Waals surface area contributed by atoms with Gasteiger partial charge in [-0.2, -0.15) is 13.2 Å². The smallest absolute Gasteiger partial charge is 0.416 e. The minimum absolute atomic E-state index is 0.0496. The Morgan fingerprint density at radius 1 is 1.21 bits per heavy atom. The van der Waals surface area contributed by atoms with E-state index >= 15 is 0 Å². The van der Waals surface area contributed by atoms with Crippen LogP contribution in [0.3, 0.4) is 0 Å². The highest BCUT2D eigenvalue weighted by Gasteiger charge is 2.51. The first-order chi connectivity index (χ1) is 13.5. The van der Waals surface area contributed by atoms with Crippen molar-refractivity contribution in [2.24, 2.45) is 11.3 Å². The zero-order chi connectivity index (χ0) is 21.0. The van der Waals surface area contributed by atoms with Gasteiger partial charge in [0.2, 0.25) is 5.91 Å². The van der Waals surface area contributed by atoms with Gasteiger partial charge in [-0.25, -0.2) is 0 Å². The van der Waals surface area contributed by atoms with Crippen LogP contribution >= 0.6 is 0 Å². The SMILES string of the molecule is Cc1ccc(OC2CCC3(CC2)CN(C(=O)[C@H]2C[C@@](C)(O)C2)C3)cc1C(F)(F)F. The number of hydrogen-bond donors (Lipinski definition) is 1. The summed E-state index contributed by atoms with van der Waals surface area (Å²) in [5.41, 5.74) is -1.02. The van der Waals surface area contributed by atoms with E-state index < -0.39 is 17.3 Å². The Labute approximate surface area is 169 Å². The Bertz CT molecular complexity index is 781. The van der Waals surface area contributed by atoms with E-state index in [0.717, 1.165) is 44.8 Å². The summed E-state index contributed by atoms with van der Waals surface area (Å²) in [6.45, 7) is 4.71. The Morgan fingerprint density at radius 3 is 2.38 bits per heavy atom. The van der Waals surface area contributed by atoms with Crippen LogP contribution in [0.2, 0.25) is 0 Å². The van der Waals surface area contributed by atoms with Crippen molar-refractivity contribution in [2.75, 3.05) is 13.1 Å². The second kappa shape index (κ2) is 6.89. The summed E-state index contributed by atoms with van der Waals surface area (Å²) < 4.78 is 45.1. The molecule has 29 heavy (non-hydrogen) atoms. The molecule has 160 valence electrons. The predicted molar refractivity (Wildman–Crippen MR) is 101 cm³/mol. The summed E-state index contributed by atoms with van der Waals surface area (Å²) in [4.78, 5) is 14.4. The van der Waals surface area contributed by atoms with Crippen LogP contribution in [0.4, 0.5) is 13.2 Å². The molecule has 1 heterocycles. The maximum atomic E-state index is 13.1. The van der Waals surface area contributed by atoms with Crippen LogP contribution in [-0.2, 0) is 11.0 Å². The third-order valence-corrected chi connectivity index (χ3v) is 6.90. The molecule has 1 spiro atoms. The van der Waals surface area contributed by atoms with Crippen LogP contribution in [-0.4, -0.2) is 40.7 Å². The van der Waals surface area contributed by atoms with Gasteiger partial charge in [0.1, 0.15) is 5.75 Å². The van der Waals surface area contributed by atoms with Gasteiger partial charge < -0.3 is 14.7 Å². The number of benzene rings is 1. The largest absolute Gasteiger partial charge is 0.490 e. The number of carbonyl (C=O) groups excluding carboxylic acids is 1. The second-order valence-corrected chi connectivity index (χ2v) is 9.59. The number of amides is 1. The highest BCUT2D eigenvalue weighted by atomic mass is 19.4. The Balaban J connectivity index is 1.27. The lowest BCUT2D eigenvalue weighted by atomic mass is 9.66. The van der Waals surface area contributed by atoms with Crippen LogP contribution in [0.5, 0.6) is 5.75 Å². The first kappa shape index (κ1) is 20.5. The number of alkyl halides is 3. The molecule has 0 aromatic heterocycles. The van der Waals surface area contributed by atoms with E-state index in [0.29, 0.717) is 12.8 Å². The number of halogens is 3. The molecule has 2 aliphatic carbocycles. The van der Waals surface area contributed by atoms with Gasteiger partial charge in [0.25, 0.3) is 0 Å². The molecule has 4 nitrogen and oxygen atoms in total. The Kier molecular flexibility index (Phi) is 4.88. The molecule has 1 aliphatic heterocycles. The molecule has 0 bridgehead atoms. The van der Waals surface area contributed by atoms with E-state index in [1.165, 1.54) is 13.0 Å². The summed E-state index contributed by atoms with van der Waals surface area (Å²) in [5, 5.41) is 9.83. The highest BCUT2D eigenvalue weighted by Crippen LogP contribution is 2.47. The van der Waals surface area contributed by atoms with E-state index in [2.05, 4.69) is 0 Å².